The zero-order chi connectivity index (χ0) is 15.9. The number of nitrogens with zero attached hydrogens (tertiary/aromatic N) is 2. The van der Waals surface area contributed by atoms with Gasteiger partial charge in [-0.2, -0.15) is 16.9 Å². The molecule has 0 spiro atoms. The first kappa shape index (κ1) is 16.1. The van der Waals surface area contributed by atoms with Gasteiger partial charge in [0.1, 0.15) is 5.71 Å². The predicted molar refractivity (Wildman–Crippen MR) is 100 cm³/mol. The van der Waals surface area contributed by atoms with Crippen molar-refractivity contribution in [2.75, 3.05) is 18.1 Å². The number of nitrogens with two attached hydrogens (primary N) is 1. The van der Waals surface area contributed by atoms with Gasteiger partial charge in [0.15, 0.2) is 0 Å². The fourth-order valence-corrected chi connectivity index (χ4v) is 3.74. The molecule has 3 rings (SSSR count). The van der Waals surface area contributed by atoms with E-state index in [2.05, 4.69) is 21.9 Å². The topological polar surface area (TPSA) is 50.7 Å². The molecular weight excluding hydrogens is 302 g/mol. The second-order valence-electron chi connectivity index (χ2n) is 6.19. The first-order valence-electron chi connectivity index (χ1n) is 8.32. The average Bonchev–Trinajstić information content (AvgIpc) is 3.43. The quantitative estimate of drug-likeness (QED) is 0.399. The van der Waals surface area contributed by atoms with Crippen LogP contribution in [0.4, 0.5) is 0 Å². The van der Waals surface area contributed by atoms with Crippen LogP contribution in [-0.2, 0) is 0 Å². The van der Waals surface area contributed by atoms with Crippen LogP contribution in [0.25, 0.3) is 0 Å². The van der Waals surface area contributed by atoms with Gasteiger partial charge in [0.05, 0.1) is 0 Å². The van der Waals surface area contributed by atoms with Crippen molar-refractivity contribution in [2.45, 2.75) is 25.7 Å². The Morgan fingerprint density at radius 1 is 1.17 bits per heavy atom. The highest BCUT2D eigenvalue weighted by Gasteiger charge is 2.17. The first-order valence-corrected chi connectivity index (χ1v) is 9.48. The van der Waals surface area contributed by atoms with E-state index in [9.17, 15) is 0 Å². The third-order valence-electron chi connectivity index (χ3n) is 4.24. The molecule has 1 aliphatic heterocycles. The lowest BCUT2D eigenvalue weighted by Crippen LogP contribution is -2.14. The lowest BCUT2D eigenvalue weighted by molar-refractivity contribution is 0.504. The van der Waals surface area contributed by atoms with Gasteiger partial charge in [-0.3, -0.25) is 4.99 Å². The van der Waals surface area contributed by atoms with E-state index in [1.807, 2.05) is 42.2 Å². The van der Waals surface area contributed by atoms with E-state index in [0.717, 1.165) is 23.4 Å². The van der Waals surface area contributed by atoms with Gasteiger partial charge in [0.25, 0.3) is 0 Å². The van der Waals surface area contributed by atoms with Crippen molar-refractivity contribution >= 4 is 23.7 Å². The van der Waals surface area contributed by atoms with Crippen molar-refractivity contribution in [1.29, 1.82) is 0 Å². The minimum atomic E-state index is 0.626. The summed E-state index contributed by atoms with van der Waals surface area (Å²) in [7, 11) is 0. The summed E-state index contributed by atoms with van der Waals surface area (Å²) in [6.07, 6.45) is 6.86. The molecule has 1 aromatic rings. The van der Waals surface area contributed by atoms with Crippen LogP contribution < -0.4 is 5.84 Å². The minimum absolute atomic E-state index is 0.626. The standard InChI is InChI=1S/C19H23N3S/c20-22-19(14-21-13-17-9-11-23-12-10-17)18-7-5-16(6-8-18)4-3-15-1-2-15/h5-8,14-15,17H,1-2,9-13,20H2/b21-14?,22-19+. The summed E-state index contributed by atoms with van der Waals surface area (Å²) in [6.45, 7) is 0.879. The Morgan fingerprint density at radius 2 is 1.91 bits per heavy atom. The Bertz CT molecular complexity index is 627. The Labute approximate surface area is 142 Å². The molecule has 1 aliphatic carbocycles. The van der Waals surface area contributed by atoms with E-state index >= 15 is 0 Å². The maximum absolute atomic E-state index is 5.53. The van der Waals surface area contributed by atoms with Crippen molar-refractivity contribution in [2.24, 2.45) is 27.8 Å². The molecule has 1 aromatic carbocycles. The molecule has 0 bridgehead atoms. The van der Waals surface area contributed by atoms with Gasteiger partial charge >= 0.3 is 0 Å². The van der Waals surface area contributed by atoms with Gasteiger partial charge in [0.2, 0.25) is 0 Å². The largest absolute Gasteiger partial charge is 0.323 e. The number of aliphatic imine (C=N–C) groups is 1. The lowest BCUT2D eigenvalue weighted by atomic mass is 10.0. The molecule has 1 heterocycles. The normalized spacial score (nSPS) is 19.6. The maximum atomic E-state index is 5.53. The molecular formula is C19H23N3S. The van der Waals surface area contributed by atoms with Crippen LogP contribution in [0.15, 0.2) is 34.4 Å². The summed E-state index contributed by atoms with van der Waals surface area (Å²) in [5.74, 6) is 15.9. The van der Waals surface area contributed by atoms with E-state index in [0.29, 0.717) is 11.8 Å². The molecule has 4 heteroatoms. The summed E-state index contributed by atoms with van der Waals surface area (Å²) in [4.78, 5) is 4.56. The molecule has 120 valence electrons. The van der Waals surface area contributed by atoms with E-state index in [4.69, 9.17) is 5.84 Å². The first-order chi connectivity index (χ1) is 11.3. The van der Waals surface area contributed by atoms with Gasteiger partial charge in [0, 0.05) is 29.8 Å². The predicted octanol–water partition coefficient (Wildman–Crippen LogP) is 3.32. The molecule has 0 unspecified atom stereocenters. The zero-order valence-corrected chi connectivity index (χ0v) is 14.2. The molecule has 1 saturated heterocycles. The van der Waals surface area contributed by atoms with Crippen molar-refractivity contribution < 1.29 is 0 Å². The fraction of sp³-hybridized carbons (Fsp3) is 0.474. The molecule has 3 nitrogen and oxygen atoms in total. The second-order valence-corrected chi connectivity index (χ2v) is 7.41. The summed E-state index contributed by atoms with van der Waals surface area (Å²) < 4.78 is 0. The lowest BCUT2D eigenvalue weighted by Gasteiger charge is -2.18. The van der Waals surface area contributed by atoms with Gasteiger partial charge in [-0.15, -0.1) is 0 Å². The molecule has 0 radical (unpaired) electrons. The molecule has 1 saturated carbocycles. The Kier molecular flexibility index (Phi) is 5.76. The molecule has 0 amide bonds. The van der Waals surface area contributed by atoms with E-state index in [1.54, 1.807) is 0 Å². The van der Waals surface area contributed by atoms with E-state index in [1.165, 1.54) is 37.2 Å². The van der Waals surface area contributed by atoms with E-state index < -0.39 is 0 Å². The van der Waals surface area contributed by atoms with Crippen LogP contribution in [0.2, 0.25) is 0 Å². The highest BCUT2D eigenvalue weighted by Crippen LogP contribution is 2.27. The van der Waals surface area contributed by atoms with Crippen LogP contribution in [0, 0.1) is 23.7 Å². The van der Waals surface area contributed by atoms with Gasteiger partial charge in [-0.1, -0.05) is 24.0 Å². The number of hydrogen-bond acceptors (Lipinski definition) is 4. The van der Waals surface area contributed by atoms with Crippen LogP contribution in [-0.4, -0.2) is 30.0 Å². The van der Waals surface area contributed by atoms with Crippen LogP contribution in [0.5, 0.6) is 0 Å². The van der Waals surface area contributed by atoms with Crippen LogP contribution >= 0.6 is 11.8 Å². The SMILES string of the molecule is N/N=C(\C=NCC1CCSCC1)c1ccc(C#CC2CC2)cc1. The summed E-state index contributed by atoms with van der Waals surface area (Å²) in [6, 6.07) is 8.10. The highest BCUT2D eigenvalue weighted by atomic mass is 32.2. The fourth-order valence-electron chi connectivity index (χ4n) is 2.54. The molecule has 2 aliphatic rings. The van der Waals surface area contributed by atoms with Crippen LogP contribution in [0.1, 0.15) is 36.8 Å². The van der Waals surface area contributed by atoms with Crippen molar-refractivity contribution in [3.8, 4) is 11.8 Å². The Hall–Kier alpha value is -1.73. The second kappa shape index (κ2) is 8.21. The summed E-state index contributed by atoms with van der Waals surface area (Å²) >= 11 is 2.04. The third-order valence-corrected chi connectivity index (χ3v) is 5.28. The number of rotatable bonds is 4. The molecule has 0 aromatic heterocycles. The Morgan fingerprint density at radius 3 is 2.57 bits per heavy atom. The van der Waals surface area contributed by atoms with Crippen molar-refractivity contribution in [3.05, 3.63) is 35.4 Å². The summed E-state index contributed by atoms with van der Waals surface area (Å²) in [5, 5.41) is 3.88. The smallest absolute Gasteiger partial charge is 0.108 e. The molecule has 0 atom stereocenters. The highest BCUT2D eigenvalue weighted by molar-refractivity contribution is 7.99. The minimum Gasteiger partial charge on any atom is -0.323 e. The summed E-state index contributed by atoms with van der Waals surface area (Å²) in [5.41, 5.74) is 2.78. The number of thioether (sulfide) groups is 1. The molecule has 2 fully saturated rings. The van der Waals surface area contributed by atoms with Crippen LogP contribution in [0.3, 0.4) is 0 Å². The average molecular weight is 325 g/mol. The van der Waals surface area contributed by atoms with Gasteiger partial charge in [-0.25, -0.2) is 0 Å². The van der Waals surface area contributed by atoms with Gasteiger partial charge < -0.3 is 5.84 Å². The van der Waals surface area contributed by atoms with Crippen molar-refractivity contribution in [3.63, 3.8) is 0 Å². The van der Waals surface area contributed by atoms with E-state index in [-0.39, 0.29) is 0 Å². The number of hydrazone groups is 1. The number of benzene rings is 1. The monoisotopic (exact) mass is 325 g/mol. The zero-order valence-electron chi connectivity index (χ0n) is 13.4. The van der Waals surface area contributed by atoms with Gasteiger partial charge in [-0.05, 0) is 55.2 Å². The third kappa shape index (κ3) is 5.14. The Balaban J connectivity index is 1.58. The maximum Gasteiger partial charge on any atom is 0.108 e. The van der Waals surface area contributed by atoms with Crippen molar-refractivity contribution in [1.82, 2.24) is 0 Å². The number of hydrogen-bond donors (Lipinski definition) is 1. The molecule has 23 heavy (non-hydrogen) atoms. The molecule has 2 N–H and O–H groups in total.